The summed E-state index contributed by atoms with van der Waals surface area (Å²) >= 11 is 5.96. The average molecular weight is 337 g/mol. The number of hydrogen-bond donors (Lipinski definition) is 1. The van der Waals surface area contributed by atoms with Gasteiger partial charge in [-0.15, -0.1) is 0 Å². The molecule has 1 fully saturated rings. The van der Waals surface area contributed by atoms with Crippen molar-refractivity contribution in [1.82, 2.24) is 19.6 Å². The van der Waals surface area contributed by atoms with Crippen molar-refractivity contribution in [2.75, 3.05) is 33.9 Å². The van der Waals surface area contributed by atoms with E-state index in [1.54, 1.807) is 28.9 Å². The Morgan fingerprint density at radius 2 is 2.13 bits per heavy atom. The molecule has 1 saturated heterocycles. The van der Waals surface area contributed by atoms with Crippen LogP contribution in [-0.4, -0.2) is 59.6 Å². The summed E-state index contributed by atoms with van der Waals surface area (Å²) in [7, 11) is 4.09. The van der Waals surface area contributed by atoms with Crippen molar-refractivity contribution in [2.24, 2.45) is 0 Å². The number of aromatic nitrogens is 2. The Bertz CT molecular complexity index is 707. The maximum absolute atomic E-state index is 12.4. The zero-order valence-electron chi connectivity index (χ0n) is 13.4. The minimum atomic E-state index is -0.169. The molecule has 0 radical (unpaired) electrons. The second-order valence-electron chi connectivity index (χ2n) is 6.15. The van der Waals surface area contributed by atoms with E-state index in [1.807, 2.05) is 14.1 Å². The number of fused-ring (bicyclic) bond motifs is 1. The van der Waals surface area contributed by atoms with Crippen LogP contribution in [0.5, 0.6) is 0 Å². The number of imidazole rings is 1. The molecule has 1 amide bonds. The second kappa shape index (κ2) is 6.47. The number of hydrogen-bond acceptors (Lipinski definition) is 4. The summed E-state index contributed by atoms with van der Waals surface area (Å²) in [6.07, 6.45) is 5.24. The number of nitrogens with one attached hydrogen (secondary N) is 1. The largest absolute Gasteiger partial charge is 0.381 e. The van der Waals surface area contributed by atoms with Gasteiger partial charge in [-0.3, -0.25) is 4.79 Å². The van der Waals surface area contributed by atoms with E-state index in [-0.39, 0.29) is 11.4 Å². The molecule has 7 heteroatoms. The summed E-state index contributed by atoms with van der Waals surface area (Å²) < 4.78 is 7.21. The van der Waals surface area contributed by atoms with Crippen LogP contribution in [0.4, 0.5) is 0 Å². The zero-order chi connectivity index (χ0) is 16.4. The van der Waals surface area contributed by atoms with Gasteiger partial charge < -0.3 is 19.4 Å². The summed E-state index contributed by atoms with van der Waals surface area (Å²) in [6.45, 7) is 2.03. The molecular weight excluding hydrogens is 316 g/mol. The Balaban J connectivity index is 1.72. The Hall–Kier alpha value is -1.63. The first-order valence-electron chi connectivity index (χ1n) is 7.68. The summed E-state index contributed by atoms with van der Waals surface area (Å²) in [6, 6.07) is 3.55. The highest BCUT2D eigenvalue weighted by atomic mass is 35.5. The maximum Gasteiger partial charge on any atom is 0.271 e. The van der Waals surface area contributed by atoms with Crippen LogP contribution >= 0.6 is 11.6 Å². The molecule has 1 aliphatic rings. The smallest absolute Gasteiger partial charge is 0.271 e. The van der Waals surface area contributed by atoms with Gasteiger partial charge in [0.15, 0.2) is 0 Å². The zero-order valence-corrected chi connectivity index (χ0v) is 14.1. The van der Waals surface area contributed by atoms with Crippen LogP contribution < -0.4 is 5.32 Å². The number of likely N-dealkylation sites (N-methyl/N-ethyl adjacent to an activating group) is 1. The number of halogens is 1. The van der Waals surface area contributed by atoms with E-state index in [9.17, 15) is 4.79 Å². The van der Waals surface area contributed by atoms with Crippen molar-refractivity contribution in [3.63, 3.8) is 0 Å². The van der Waals surface area contributed by atoms with E-state index in [1.165, 1.54) is 0 Å². The normalized spacial score (nSPS) is 17.6. The lowest BCUT2D eigenvalue weighted by molar-refractivity contribution is -0.00659. The van der Waals surface area contributed by atoms with Gasteiger partial charge in [0.25, 0.3) is 5.91 Å². The van der Waals surface area contributed by atoms with Crippen LogP contribution in [0.1, 0.15) is 23.3 Å². The number of rotatable bonds is 4. The topological polar surface area (TPSA) is 58.9 Å². The van der Waals surface area contributed by atoms with Crippen molar-refractivity contribution in [1.29, 1.82) is 0 Å². The second-order valence-corrected chi connectivity index (χ2v) is 6.59. The lowest BCUT2D eigenvalue weighted by Crippen LogP contribution is -2.55. The number of carbonyl (C=O) groups is 1. The van der Waals surface area contributed by atoms with Gasteiger partial charge >= 0.3 is 0 Å². The fraction of sp³-hybridized carbons (Fsp3) is 0.500. The highest BCUT2D eigenvalue weighted by Crippen LogP contribution is 2.25. The summed E-state index contributed by atoms with van der Waals surface area (Å²) in [5.41, 5.74) is 1.04. The predicted octanol–water partition coefficient (Wildman–Crippen LogP) is 1.83. The summed E-state index contributed by atoms with van der Waals surface area (Å²) in [5, 5.41) is 3.63. The lowest BCUT2D eigenvalue weighted by atomic mass is 9.88. The molecule has 0 spiro atoms. The third kappa shape index (κ3) is 3.34. The molecule has 23 heavy (non-hydrogen) atoms. The fourth-order valence-corrected chi connectivity index (χ4v) is 3.11. The van der Waals surface area contributed by atoms with E-state index in [2.05, 4.69) is 15.2 Å². The minimum absolute atomic E-state index is 0.0592. The molecule has 0 aromatic carbocycles. The van der Waals surface area contributed by atoms with Crippen molar-refractivity contribution in [2.45, 2.75) is 18.4 Å². The predicted molar refractivity (Wildman–Crippen MR) is 89.0 cm³/mol. The molecule has 0 aliphatic carbocycles. The minimum Gasteiger partial charge on any atom is -0.381 e. The Morgan fingerprint density at radius 3 is 2.83 bits per heavy atom. The van der Waals surface area contributed by atoms with Crippen LogP contribution in [-0.2, 0) is 4.74 Å². The third-order valence-corrected chi connectivity index (χ3v) is 4.82. The van der Waals surface area contributed by atoms with Crippen LogP contribution in [0.2, 0.25) is 5.02 Å². The molecule has 0 saturated carbocycles. The molecule has 1 N–H and O–H groups in total. The Kier molecular flexibility index (Phi) is 4.57. The first-order valence-corrected chi connectivity index (χ1v) is 8.06. The summed E-state index contributed by atoms with van der Waals surface area (Å²) in [4.78, 5) is 19.0. The first kappa shape index (κ1) is 16.2. The molecular formula is C16H21ClN4O2. The molecule has 0 bridgehead atoms. The molecule has 124 valence electrons. The van der Waals surface area contributed by atoms with Crippen molar-refractivity contribution in [3.05, 3.63) is 35.2 Å². The van der Waals surface area contributed by atoms with Crippen molar-refractivity contribution in [3.8, 4) is 0 Å². The van der Waals surface area contributed by atoms with Gasteiger partial charge in [0.2, 0.25) is 0 Å². The molecule has 2 aromatic rings. The highest BCUT2D eigenvalue weighted by molar-refractivity contribution is 6.30. The number of ether oxygens (including phenoxy) is 1. The standard InChI is InChI=1S/C16H21ClN4O2/c1-20(2)16(5-7-23-8-6-16)11-18-15(22)13-10-21-9-12(17)3-4-14(21)19-13/h3-4,9-10H,5-8,11H2,1-2H3,(H,18,22). The van der Waals surface area contributed by atoms with Gasteiger partial charge in [0.05, 0.1) is 5.02 Å². The number of carbonyl (C=O) groups excluding carboxylic acids is 1. The van der Waals surface area contributed by atoms with E-state index >= 15 is 0 Å². The molecule has 0 atom stereocenters. The van der Waals surface area contributed by atoms with Crippen molar-refractivity contribution < 1.29 is 9.53 Å². The van der Waals surface area contributed by atoms with E-state index < -0.39 is 0 Å². The molecule has 3 heterocycles. The van der Waals surface area contributed by atoms with Crippen LogP contribution in [0.25, 0.3) is 5.65 Å². The molecule has 1 aliphatic heterocycles. The maximum atomic E-state index is 12.4. The first-order chi connectivity index (χ1) is 11.0. The monoisotopic (exact) mass is 336 g/mol. The quantitative estimate of drug-likeness (QED) is 0.925. The van der Waals surface area contributed by atoms with Crippen molar-refractivity contribution >= 4 is 23.2 Å². The van der Waals surface area contributed by atoms with Gasteiger partial charge in [0, 0.05) is 37.7 Å². The SMILES string of the molecule is CN(C)C1(CNC(=O)c2cn3cc(Cl)ccc3n2)CCOCC1. The third-order valence-electron chi connectivity index (χ3n) is 4.60. The van der Waals surface area contributed by atoms with Gasteiger partial charge in [-0.2, -0.15) is 0 Å². The number of amides is 1. The lowest BCUT2D eigenvalue weighted by Gasteiger charge is -2.42. The number of pyridine rings is 1. The van der Waals surface area contributed by atoms with Gasteiger partial charge in [-0.05, 0) is 39.1 Å². The fourth-order valence-electron chi connectivity index (χ4n) is 2.94. The van der Waals surface area contributed by atoms with E-state index in [0.717, 1.165) is 26.1 Å². The Labute approximate surface area is 140 Å². The highest BCUT2D eigenvalue weighted by Gasteiger charge is 2.35. The van der Waals surface area contributed by atoms with Gasteiger partial charge in [0.1, 0.15) is 11.3 Å². The molecule has 0 unspecified atom stereocenters. The van der Waals surface area contributed by atoms with Crippen LogP contribution in [0.15, 0.2) is 24.5 Å². The van der Waals surface area contributed by atoms with E-state index in [0.29, 0.717) is 22.9 Å². The van der Waals surface area contributed by atoms with Crippen LogP contribution in [0, 0.1) is 0 Å². The van der Waals surface area contributed by atoms with Crippen LogP contribution in [0.3, 0.4) is 0 Å². The molecule has 6 nitrogen and oxygen atoms in total. The summed E-state index contributed by atoms with van der Waals surface area (Å²) in [5.74, 6) is -0.169. The molecule has 2 aromatic heterocycles. The molecule has 3 rings (SSSR count). The number of nitrogens with zero attached hydrogens (tertiary/aromatic N) is 3. The van der Waals surface area contributed by atoms with Gasteiger partial charge in [-0.1, -0.05) is 11.6 Å². The Morgan fingerprint density at radius 1 is 1.39 bits per heavy atom. The average Bonchev–Trinajstić information content (AvgIpc) is 2.96. The van der Waals surface area contributed by atoms with E-state index in [4.69, 9.17) is 16.3 Å². The van der Waals surface area contributed by atoms with Gasteiger partial charge in [-0.25, -0.2) is 4.98 Å².